The zero-order chi connectivity index (χ0) is 10.6. The maximum Gasteiger partial charge on any atom is 0.163 e. The maximum absolute atomic E-state index is 11.6. The number of carbonyl (C=O) groups is 1. The molecule has 0 aliphatic carbocycles. The fraction of sp³-hybridized carbons (Fsp3) is 0.300. The summed E-state index contributed by atoms with van der Waals surface area (Å²) in [6.45, 7) is 0. The molecule has 0 aliphatic heterocycles. The first kappa shape index (κ1) is 12.6. The fourth-order valence-electron chi connectivity index (χ4n) is 1.06. The summed E-state index contributed by atoms with van der Waals surface area (Å²) < 4.78 is 1.14. The Kier molecular flexibility index (Phi) is 5.62. The van der Waals surface area contributed by atoms with Crippen LogP contribution in [0.3, 0.4) is 0 Å². The quantitative estimate of drug-likeness (QED) is 0.397. The Hall–Kier alpha value is 0.580. The number of benzene rings is 1. The number of halogens is 3. The first-order valence-corrected chi connectivity index (χ1v) is 7.44. The summed E-state index contributed by atoms with van der Waals surface area (Å²) in [7, 11) is 0. The van der Waals surface area contributed by atoms with Gasteiger partial charge in [0.1, 0.15) is 0 Å². The van der Waals surface area contributed by atoms with Gasteiger partial charge in [0.05, 0.1) is 0 Å². The molecule has 0 saturated heterocycles. The van der Waals surface area contributed by atoms with Gasteiger partial charge in [-0.3, -0.25) is 4.79 Å². The summed E-state index contributed by atoms with van der Waals surface area (Å²) in [6, 6.07) is 5.84. The van der Waals surface area contributed by atoms with Gasteiger partial charge in [-0.1, -0.05) is 44.0 Å². The number of Topliss-reactive ketones (excluding diaryl/α,β-unsaturated/α-hetero) is 1. The van der Waals surface area contributed by atoms with E-state index >= 15 is 0 Å². The van der Waals surface area contributed by atoms with Gasteiger partial charge in [-0.25, -0.2) is 0 Å². The lowest BCUT2D eigenvalue weighted by molar-refractivity contribution is 0.0990. The van der Waals surface area contributed by atoms with Gasteiger partial charge in [0.15, 0.2) is 5.78 Å². The van der Waals surface area contributed by atoms with E-state index in [2.05, 4.69) is 54.5 Å². The third kappa shape index (κ3) is 3.31. The highest BCUT2D eigenvalue weighted by Gasteiger charge is 2.06. The minimum atomic E-state index is 0.195. The van der Waals surface area contributed by atoms with Gasteiger partial charge in [-0.2, -0.15) is 0 Å². The highest BCUT2D eigenvalue weighted by atomic mass is 127. The molecule has 14 heavy (non-hydrogen) atoms. The van der Waals surface area contributed by atoms with Crippen molar-refractivity contribution in [3.63, 3.8) is 0 Å². The molecular weight excluding hydrogens is 423 g/mol. The van der Waals surface area contributed by atoms with Crippen LogP contribution in [0.4, 0.5) is 0 Å². The highest BCUT2D eigenvalue weighted by Crippen LogP contribution is 2.18. The Balaban J connectivity index is 2.91. The molecule has 0 amide bonds. The molecule has 76 valence electrons. The van der Waals surface area contributed by atoms with Crippen LogP contribution >= 0.6 is 54.5 Å². The largest absolute Gasteiger partial charge is 0.294 e. The van der Waals surface area contributed by atoms with E-state index in [0.29, 0.717) is 6.42 Å². The van der Waals surface area contributed by atoms with Crippen LogP contribution in [0.1, 0.15) is 22.3 Å². The molecule has 0 unspecified atom stereocenters. The van der Waals surface area contributed by atoms with Crippen LogP contribution in [0, 0.1) is 3.57 Å². The van der Waals surface area contributed by atoms with E-state index < -0.39 is 0 Å². The monoisotopic (exact) mass is 430 g/mol. The van der Waals surface area contributed by atoms with E-state index in [-0.39, 0.29) is 5.78 Å². The highest BCUT2D eigenvalue weighted by molar-refractivity contribution is 14.1. The summed E-state index contributed by atoms with van der Waals surface area (Å²) in [5, 5.41) is 1.56. The van der Waals surface area contributed by atoms with Gasteiger partial charge in [-0.15, -0.1) is 0 Å². The van der Waals surface area contributed by atoms with Crippen molar-refractivity contribution in [3.8, 4) is 0 Å². The van der Waals surface area contributed by atoms with Crippen molar-refractivity contribution < 1.29 is 4.79 Å². The Morgan fingerprint density at radius 2 is 2.07 bits per heavy atom. The van der Waals surface area contributed by atoms with E-state index in [0.717, 1.165) is 19.8 Å². The normalized spacial score (nSPS) is 10.2. The minimum Gasteiger partial charge on any atom is -0.294 e. The summed E-state index contributed by atoms with van der Waals surface area (Å²) in [5.74, 6) is 0.195. The number of carbonyl (C=O) groups excluding carboxylic acids is 1. The Labute approximate surface area is 114 Å². The molecular formula is C10H9Br2IO. The van der Waals surface area contributed by atoms with Crippen LogP contribution < -0.4 is 0 Å². The maximum atomic E-state index is 11.6. The first-order valence-electron chi connectivity index (χ1n) is 4.12. The van der Waals surface area contributed by atoms with Crippen LogP contribution in [0.5, 0.6) is 0 Å². The van der Waals surface area contributed by atoms with E-state index in [1.54, 1.807) is 0 Å². The minimum absolute atomic E-state index is 0.195. The average molecular weight is 432 g/mol. The molecule has 0 aromatic heterocycles. The molecule has 0 bridgehead atoms. The zero-order valence-electron chi connectivity index (χ0n) is 7.40. The molecule has 0 fully saturated rings. The molecule has 0 radical (unpaired) electrons. The second-order valence-corrected chi connectivity index (χ2v) is 5.32. The van der Waals surface area contributed by atoms with E-state index in [9.17, 15) is 4.79 Å². The molecule has 0 heterocycles. The third-order valence-corrected chi connectivity index (χ3v) is 3.85. The van der Waals surface area contributed by atoms with Gasteiger partial charge >= 0.3 is 0 Å². The fourth-order valence-corrected chi connectivity index (χ4v) is 3.14. The van der Waals surface area contributed by atoms with E-state index in [4.69, 9.17) is 0 Å². The van der Waals surface area contributed by atoms with Crippen molar-refractivity contribution in [2.24, 2.45) is 0 Å². The summed E-state index contributed by atoms with van der Waals surface area (Å²) in [5.41, 5.74) is 2.03. The lowest BCUT2D eigenvalue weighted by Crippen LogP contribution is -2.00. The first-order chi connectivity index (χ1) is 6.69. The van der Waals surface area contributed by atoms with Crippen LogP contribution in [-0.2, 0) is 5.33 Å². The van der Waals surface area contributed by atoms with E-state index in [1.807, 2.05) is 18.2 Å². The predicted octanol–water partition coefficient (Wildman–Crippen LogP) is 4.15. The van der Waals surface area contributed by atoms with Gasteiger partial charge in [-0.05, 0) is 34.2 Å². The van der Waals surface area contributed by atoms with Crippen molar-refractivity contribution in [1.82, 2.24) is 0 Å². The number of rotatable bonds is 4. The summed E-state index contributed by atoms with van der Waals surface area (Å²) in [4.78, 5) is 11.6. The second-order valence-electron chi connectivity index (χ2n) is 2.80. The average Bonchev–Trinajstić information content (AvgIpc) is 2.18. The van der Waals surface area contributed by atoms with Crippen molar-refractivity contribution in [2.75, 3.05) is 5.33 Å². The smallest absolute Gasteiger partial charge is 0.163 e. The lowest BCUT2D eigenvalue weighted by atomic mass is 10.1. The molecule has 1 rings (SSSR count). The Bertz CT molecular complexity index is 339. The number of hydrogen-bond donors (Lipinski definition) is 0. The van der Waals surface area contributed by atoms with Crippen LogP contribution in [-0.4, -0.2) is 11.1 Å². The molecule has 0 aliphatic rings. The third-order valence-electron chi connectivity index (χ3n) is 1.84. The van der Waals surface area contributed by atoms with Crippen molar-refractivity contribution >= 4 is 60.2 Å². The summed E-state index contributed by atoms with van der Waals surface area (Å²) >= 11 is 8.92. The second kappa shape index (κ2) is 6.23. The van der Waals surface area contributed by atoms with E-state index in [1.165, 1.54) is 5.56 Å². The molecule has 0 saturated carbocycles. The molecule has 4 heteroatoms. The van der Waals surface area contributed by atoms with Crippen LogP contribution in [0.25, 0.3) is 0 Å². The SMILES string of the molecule is O=C(CCBr)c1ccc(CBr)c(I)c1. The van der Waals surface area contributed by atoms with Crippen LogP contribution in [0.15, 0.2) is 18.2 Å². The molecule has 1 aromatic rings. The van der Waals surface area contributed by atoms with Gasteiger partial charge < -0.3 is 0 Å². The van der Waals surface area contributed by atoms with Crippen molar-refractivity contribution in [3.05, 3.63) is 32.9 Å². The standard InChI is InChI=1S/C10H9Br2IO/c11-4-3-10(14)7-1-2-8(6-12)9(13)5-7/h1-2,5H,3-4,6H2. The Morgan fingerprint density at radius 3 is 2.57 bits per heavy atom. The van der Waals surface area contributed by atoms with Gasteiger partial charge in [0, 0.05) is 26.2 Å². The summed E-state index contributed by atoms with van der Waals surface area (Å²) in [6.07, 6.45) is 0.559. The molecule has 0 atom stereocenters. The van der Waals surface area contributed by atoms with Gasteiger partial charge in [0.25, 0.3) is 0 Å². The topological polar surface area (TPSA) is 17.1 Å². The van der Waals surface area contributed by atoms with Crippen molar-refractivity contribution in [1.29, 1.82) is 0 Å². The molecule has 1 nitrogen and oxygen atoms in total. The van der Waals surface area contributed by atoms with Crippen molar-refractivity contribution in [2.45, 2.75) is 11.8 Å². The Morgan fingerprint density at radius 1 is 1.36 bits per heavy atom. The number of alkyl halides is 2. The number of ketones is 1. The van der Waals surface area contributed by atoms with Gasteiger partial charge in [0.2, 0.25) is 0 Å². The predicted molar refractivity (Wildman–Crippen MR) is 74.5 cm³/mol. The zero-order valence-corrected chi connectivity index (χ0v) is 12.7. The molecule has 0 N–H and O–H groups in total. The lowest BCUT2D eigenvalue weighted by Gasteiger charge is -2.03. The molecule has 0 spiro atoms. The van der Waals surface area contributed by atoms with Crippen LogP contribution in [0.2, 0.25) is 0 Å². The molecule has 1 aromatic carbocycles. The number of hydrogen-bond acceptors (Lipinski definition) is 1.